The molecule has 0 spiro atoms. The third-order valence-corrected chi connectivity index (χ3v) is 8.31. The van der Waals surface area contributed by atoms with Crippen molar-refractivity contribution >= 4 is 37.7 Å². The van der Waals surface area contributed by atoms with Gasteiger partial charge in [0.2, 0.25) is 0 Å². The lowest BCUT2D eigenvalue weighted by Gasteiger charge is -2.12. The van der Waals surface area contributed by atoms with Crippen LogP contribution in [0.15, 0.2) is 150 Å². The van der Waals surface area contributed by atoms with Crippen molar-refractivity contribution in [3.63, 3.8) is 0 Å². The maximum atomic E-state index is 3.89. The summed E-state index contributed by atoms with van der Waals surface area (Å²) in [5.74, 6) is 0. The zero-order chi connectivity index (χ0) is 26.2. The van der Waals surface area contributed by atoms with Crippen molar-refractivity contribution < 1.29 is 0 Å². The number of hydrogen-bond donors (Lipinski definition) is 0. The Morgan fingerprint density at radius 1 is 0.410 bits per heavy atom. The lowest BCUT2D eigenvalue weighted by Crippen LogP contribution is -2.00. The smallest absolute Gasteiger partial charge is 0.0494 e. The van der Waals surface area contributed by atoms with Crippen molar-refractivity contribution in [2.45, 2.75) is 6.54 Å². The van der Waals surface area contributed by atoms with E-state index in [1.165, 1.54) is 60.8 Å². The molecule has 0 aliphatic carbocycles. The van der Waals surface area contributed by atoms with Crippen LogP contribution < -0.4 is 0 Å². The zero-order valence-electron chi connectivity index (χ0n) is 21.4. The molecule has 0 N–H and O–H groups in total. The number of fused-ring (bicyclic) bond motifs is 3. The largest absolute Gasteiger partial charge is 0.336 e. The van der Waals surface area contributed by atoms with E-state index in [1.54, 1.807) is 0 Å². The van der Waals surface area contributed by atoms with Gasteiger partial charge in [0, 0.05) is 32.8 Å². The van der Waals surface area contributed by atoms with E-state index in [0.29, 0.717) is 0 Å². The van der Waals surface area contributed by atoms with E-state index in [4.69, 9.17) is 0 Å². The third-order valence-electron chi connectivity index (χ3n) is 7.57. The Kier molecular flexibility index (Phi) is 6.11. The van der Waals surface area contributed by atoms with Gasteiger partial charge >= 0.3 is 0 Å². The first kappa shape index (κ1) is 23.7. The van der Waals surface area contributed by atoms with Crippen LogP contribution in [0.2, 0.25) is 0 Å². The predicted molar refractivity (Wildman–Crippen MR) is 169 cm³/mol. The van der Waals surface area contributed by atoms with Gasteiger partial charge in [-0.2, -0.15) is 0 Å². The van der Waals surface area contributed by atoms with Crippen molar-refractivity contribution in [1.82, 2.24) is 4.57 Å². The molecule has 7 rings (SSSR count). The molecule has 1 nitrogen and oxygen atoms in total. The number of aromatic nitrogens is 1. The molecule has 0 amide bonds. The highest BCUT2D eigenvalue weighted by molar-refractivity contribution is 9.10. The first-order valence-electron chi connectivity index (χ1n) is 13.3. The summed E-state index contributed by atoms with van der Waals surface area (Å²) in [5.41, 5.74) is 11.1. The molecular weight excluding hydrogens is 538 g/mol. The molecule has 0 fully saturated rings. The van der Waals surface area contributed by atoms with Crippen LogP contribution in [0.4, 0.5) is 0 Å². The number of halogens is 1. The molecule has 0 atom stereocenters. The maximum absolute atomic E-state index is 3.89. The molecule has 186 valence electrons. The van der Waals surface area contributed by atoms with Gasteiger partial charge in [0.15, 0.2) is 0 Å². The summed E-state index contributed by atoms with van der Waals surface area (Å²) in [6.07, 6.45) is 0. The second kappa shape index (κ2) is 10.1. The maximum Gasteiger partial charge on any atom is 0.0494 e. The first-order valence-corrected chi connectivity index (χ1v) is 14.0. The molecule has 0 bridgehead atoms. The lowest BCUT2D eigenvalue weighted by atomic mass is 10.0. The Morgan fingerprint density at radius 3 is 1.26 bits per heavy atom. The minimum Gasteiger partial charge on any atom is -0.336 e. The van der Waals surface area contributed by atoms with Gasteiger partial charge in [-0.15, -0.1) is 0 Å². The molecule has 2 heteroatoms. The van der Waals surface area contributed by atoms with Gasteiger partial charge in [-0.1, -0.05) is 131 Å². The SMILES string of the molecule is Brc1cc(-c2ccccc2)ccc1Cn1c2ccc(-c3ccccc3)cc2c2cc(-c3ccccc3)ccc21. The molecule has 39 heavy (non-hydrogen) atoms. The fourth-order valence-electron chi connectivity index (χ4n) is 5.55. The Bertz CT molecular complexity index is 1820. The Balaban J connectivity index is 1.38. The van der Waals surface area contributed by atoms with E-state index < -0.39 is 0 Å². The second-order valence-corrected chi connectivity index (χ2v) is 10.8. The fourth-order valence-corrected chi connectivity index (χ4v) is 6.05. The van der Waals surface area contributed by atoms with Gasteiger partial charge in [-0.05, 0) is 69.3 Å². The molecule has 0 aliphatic heterocycles. The summed E-state index contributed by atoms with van der Waals surface area (Å²) in [7, 11) is 0. The van der Waals surface area contributed by atoms with Crippen LogP contribution in [0.5, 0.6) is 0 Å². The van der Waals surface area contributed by atoms with E-state index in [0.717, 1.165) is 11.0 Å². The monoisotopic (exact) mass is 563 g/mol. The zero-order valence-corrected chi connectivity index (χ0v) is 23.0. The molecule has 0 unspecified atom stereocenters. The summed E-state index contributed by atoms with van der Waals surface area (Å²) in [6.45, 7) is 0.783. The van der Waals surface area contributed by atoms with Crippen LogP contribution in [-0.4, -0.2) is 4.57 Å². The van der Waals surface area contributed by atoms with Crippen molar-refractivity contribution in [3.05, 3.63) is 156 Å². The molecule has 1 aromatic heterocycles. The quantitative estimate of drug-likeness (QED) is 0.196. The normalized spacial score (nSPS) is 11.3. The van der Waals surface area contributed by atoms with Crippen molar-refractivity contribution in [1.29, 1.82) is 0 Å². The number of hydrogen-bond acceptors (Lipinski definition) is 0. The van der Waals surface area contributed by atoms with Crippen LogP contribution >= 0.6 is 15.9 Å². The van der Waals surface area contributed by atoms with Gasteiger partial charge in [-0.25, -0.2) is 0 Å². The topological polar surface area (TPSA) is 4.93 Å². The van der Waals surface area contributed by atoms with E-state index in [1.807, 2.05) is 0 Å². The van der Waals surface area contributed by atoms with Crippen LogP contribution in [-0.2, 0) is 6.54 Å². The van der Waals surface area contributed by atoms with Gasteiger partial charge in [0.1, 0.15) is 0 Å². The van der Waals surface area contributed by atoms with E-state index >= 15 is 0 Å². The van der Waals surface area contributed by atoms with Crippen molar-refractivity contribution in [2.75, 3.05) is 0 Å². The summed E-state index contributed by atoms with van der Waals surface area (Å²) < 4.78 is 3.58. The number of benzene rings is 6. The molecular formula is C37H26BrN. The highest BCUT2D eigenvalue weighted by Crippen LogP contribution is 2.36. The minimum absolute atomic E-state index is 0.783. The Morgan fingerprint density at radius 2 is 0.821 bits per heavy atom. The van der Waals surface area contributed by atoms with Gasteiger partial charge in [-0.3, -0.25) is 0 Å². The van der Waals surface area contributed by atoms with Crippen LogP contribution in [0.25, 0.3) is 55.2 Å². The van der Waals surface area contributed by atoms with Crippen LogP contribution in [0.3, 0.4) is 0 Å². The molecule has 0 radical (unpaired) electrons. The first-order chi connectivity index (χ1) is 19.2. The number of nitrogens with zero attached hydrogens (tertiary/aromatic N) is 1. The van der Waals surface area contributed by atoms with Crippen LogP contribution in [0, 0.1) is 0 Å². The summed E-state index contributed by atoms with van der Waals surface area (Å²) in [5, 5.41) is 2.56. The highest BCUT2D eigenvalue weighted by atomic mass is 79.9. The summed E-state index contributed by atoms with van der Waals surface area (Å²) in [4.78, 5) is 0. The summed E-state index contributed by atoms with van der Waals surface area (Å²) >= 11 is 3.89. The molecule has 6 aromatic carbocycles. The predicted octanol–water partition coefficient (Wildman–Crippen LogP) is 10.6. The average molecular weight is 565 g/mol. The van der Waals surface area contributed by atoms with Gasteiger partial charge in [0.25, 0.3) is 0 Å². The van der Waals surface area contributed by atoms with Gasteiger partial charge in [0.05, 0.1) is 0 Å². The third kappa shape index (κ3) is 4.47. The standard InChI is InChI=1S/C37H26BrN/c38-35-24-31(28-14-8-3-9-15-28)16-17-32(35)25-39-36-20-18-29(26-10-4-1-5-11-26)22-33(36)34-23-30(19-21-37(34)39)27-12-6-2-7-13-27/h1-24H,25H2. The molecule has 7 aromatic rings. The van der Waals surface area contributed by atoms with Crippen molar-refractivity contribution in [3.8, 4) is 33.4 Å². The van der Waals surface area contributed by atoms with Gasteiger partial charge < -0.3 is 4.57 Å². The van der Waals surface area contributed by atoms with E-state index in [2.05, 4.69) is 166 Å². The molecule has 0 saturated heterocycles. The minimum atomic E-state index is 0.783. The molecule has 0 saturated carbocycles. The van der Waals surface area contributed by atoms with Crippen molar-refractivity contribution in [2.24, 2.45) is 0 Å². The fraction of sp³-hybridized carbons (Fsp3) is 0.0270. The summed E-state index contributed by atoms with van der Waals surface area (Å²) in [6, 6.07) is 52.3. The Labute approximate surface area is 237 Å². The van der Waals surface area contributed by atoms with E-state index in [9.17, 15) is 0 Å². The lowest BCUT2D eigenvalue weighted by molar-refractivity contribution is 0.865. The molecule has 0 aliphatic rings. The van der Waals surface area contributed by atoms with E-state index in [-0.39, 0.29) is 0 Å². The molecule has 1 heterocycles. The average Bonchev–Trinajstić information content (AvgIpc) is 3.31. The second-order valence-electron chi connectivity index (χ2n) is 9.95. The van der Waals surface area contributed by atoms with Crippen LogP contribution in [0.1, 0.15) is 5.56 Å². The number of rotatable bonds is 5. The Hall–Kier alpha value is -4.40. The highest BCUT2D eigenvalue weighted by Gasteiger charge is 2.15.